The Hall–Kier alpha value is -0.483. The van der Waals surface area contributed by atoms with Crippen LogP contribution < -0.4 is 0 Å². The number of hydrogen-bond donors (Lipinski definition) is 0. The third-order valence-corrected chi connectivity index (χ3v) is 4.90. The molecule has 0 spiro atoms. The number of rotatable bonds is 4. The van der Waals surface area contributed by atoms with Crippen molar-refractivity contribution in [2.75, 3.05) is 6.61 Å². The quantitative estimate of drug-likeness (QED) is 0.634. The van der Waals surface area contributed by atoms with E-state index in [-0.39, 0.29) is 6.17 Å². The molecule has 0 saturated heterocycles. The van der Waals surface area contributed by atoms with Crippen LogP contribution in [-0.4, -0.2) is 39.0 Å². The van der Waals surface area contributed by atoms with Crippen molar-refractivity contribution >= 4 is 20.5 Å². The van der Waals surface area contributed by atoms with Crippen molar-refractivity contribution in [1.82, 2.24) is 0 Å². The van der Waals surface area contributed by atoms with E-state index in [0.717, 1.165) is 0 Å². The lowest BCUT2D eigenvalue weighted by molar-refractivity contribution is 0.102. The molecule has 0 amide bonds. The summed E-state index contributed by atoms with van der Waals surface area (Å²) in [4.78, 5) is 8.27. The molecule has 0 aromatic rings. The van der Waals surface area contributed by atoms with Crippen LogP contribution in [0.2, 0.25) is 19.6 Å². The van der Waals surface area contributed by atoms with Gasteiger partial charge in [-0.2, -0.15) is 0 Å². The van der Waals surface area contributed by atoms with Crippen molar-refractivity contribution in [2.45, 2.75) is 38.5 Å². The molecule has 1 atom stereocenters. The van der Waals surface area contributed by atoms with Gasteiger partial charge in [0.2, 0.25) is 0 Å². The van der Waals surface area contributed by atoms with Crippen molar-refractivity contribution in [3.63, 3.8) is 0 Å². The maximum atomic E-state index is 5.72. The monoisotopic (exact) mass is 198 g/mol. The molecule has 0 radical (unpaired) electrons. The van der Waals surface area contributed by atoms with E-state index < -0.39 is 8.07 Å². The van der Waals surface area contributed by atoms with Crippen molar-refractivity contribution in [2.24, 2.45) is 9.98 Å². The van der Waals surface area contributed by atoms with Gasteiger partial charge in [0.05, 0.1) is 14.7 Å². The van der Waals surface area contributed by atoms with E-state index in [4.69, 9.17) is 4.74 Å². The second-order valence-electron chi connectivity index (χ2n) is 4.42. The van der Waals surface area contributed by atoms with Crippen molar-refractivity contribution in [3.05, 3.63) is 0 Å². The Bertz CT molecular complexity index is 208. The predicted molar refractivity (Wildman–Crippen MR) is 59.5 cm³/mol. The van der Waals surface area contributed by atoms with E-state index in [2.05, 4.69) is 36.5 Å². The Morgan fingerprint density at radius 1 is 1.31 bits per heavy atom. The highest BCUT2D eigenvalue weighted by Gasteiger charge is 2.23. The third kappa shape index (κ3) is 3.40. The van der Waals surface area contributed by atoms with E-state index in [0.29, 0.717) is 12.3 Å². The summed E-state index contributed by atoms with van der Waals surface area (Å²) < 4.78 is 5.72. The molecule has 0 bridgehead atoms. The largest absolute Gasteiger partial charge is 0.378 e. The second-order valence-corrected chi connectivity index (χ2v) is 9.96. The molecule has 1 unspecified atom stereocenters. The van der Waals surface area contributed by atoms with Crippen molar-refractivity contribution in [1.29, 1.82) is 0 Å². The van der Waals surface area contributed by atoms with Crippen LogP contribution in [-0.2, 0) is 4.74 Å². The molecule has 4 heteroatoms. The third-order valence-electron chi connectivity index (χ3n) is 2.30. The fraction of sp³-hybridized carbons (Fsp3) is 0.778. The molecule has 0 aliphatic carbocycles. The maximum absolute atomic E-state index is 5.72. The van der Waals surface area contributed by atoms with Crippen LogP contribution in [0.15, 0.2) is 9.98 Å². The molecule has 0 N–H and O–H groups in total. The first-order valence-electron chi connectivity index (χ1n) is 4.66. The summed E-state index contributed by atoms with van der Waals surface area (Å²) in [5.41, 5.74) is 0.374. The smallest absolute Gasteiger partial charge is 0.162 e. The summed E-state index contributed by atoms with van der Waals surface area (Å²) in [6, 6.07) is 0. The first kappa shape index (κ1) is 10.6. The normalized spacial score (nSPS) is 19.7. The van der Waals surface area contributed by atoms with E-state index in [1.165, 1.54) is 0 Å². The van der Waals surface area contributed by atoms with Crippen LogP contribution >= 0.6 is 0 Å². The van der Waals surface area contributed by atoms with Crippen LogP contribution in [0.5, 0.6) is 0 Å². The molecule has 0 saturated carbocycles. The van der Waals surface area contributed by atoms with Gasteiger partial charge in [0.1, 0.15) is 0 Å². The number of aliphatic imine (C=N–C) groups is 2. The van der Waals surface area contributed by atoms with Crippen LogP contribution in [0.1, 0.15) is 6.92 Å². The molecule has 0 fully saturated rings. The molecule has 13 heavy (non-hydrogen) atoms. The highest BCUT2D eigenvalue weighted by atomic mass is 28.3. The fourth-order valence-electron chi connectivity index (χ4n) is 0.881. The Balaban J connectivity index is 2.26. The van der Waals surface area contributed by atoms with Gasteiger partial charge in [0, 0.05) is 18.2 Å². The van der Waals surface area contributed by atoms with Gasteiger partial charge in [-0.3, -0.25) is 9.98 Å². The van der Waals surface area contributed by atoms with Gasteiger partial charge < -0.3 is 4.74 Å². The average molecular weight is 198 g/mol. The lowest BCUT2D eigenvalue weighted by Gasteiger charge is -2.25. The standard InChI is InChI=1S/C9H18N2OSi/c1-8(13(2,3)4)12-7-9-10-5-6-11-9/h5-6,8-9H,7H2,1-4H3. The summed E-state index contributed by atoms with van der Waals surface area (Å²) in [7, 11) is -1.16. The molecular formula is C9H18N2OSi. The Kier molecular flexibility index (Phi) is 3.38. The zero-order chi connectivity index (χ0) is 9.90. The summed E-state index contributed by atoms with van der Waals surface area (Å²) in [6.45, 7) is 9.68. The molecule has 1 rings (SSSR count). The van der Waals surface area contributed by atoms with Crippen molar-refractivity contribution in [3.8, 4) is 0 Å². The zero-order valence-corrected chi connectivity index (χ0v) is 9.82. The summed E-state index contributed by atoms with van der Waals surface area (Å²) in [6.07, 6.45) is 3.47. The minimum absolute atomic E-state index is 0.0128. The highest BCUT2D eigenvalue weighted by Crippen LogP contribution is 2.12. The molecular weight excluding hydrogens is 180 g/mol. The fourth-order valence-corrected chi connectivity index (χ4v) is 1.48. The maximum Gasteiger partial charge on any atom is 0.162 e. The highest BCUT2D eigenvalue weighted by molar-refractivity contribution is 6.77. The average Bonchev–Trinajstić information content (AvgIpc) is 2.50. The first-order valence-corrected chi connectivity index (χ1v) is 8.24. The molecule has 1 aliphatic heterocycles. The van der Waals surface area contributed by atoms with Gasteiger partial charge in [-0.25, -0.2) is 0 Å². The summed E-state index contributed by atoms with van der Waals surface area (Å²) in [5.74, 6) is 0. The molecule has 1 heterocycles. The van der Waals surface area contributed by atoms with Gasteiger partial charge in [-0.05, 0) is 6.92 Å². The Morgan fingerprint density at radius 3 is 2.31 bits per heavy atom. The van der Waals surface area contributed by atoms with Gasteiger partial charge in [0.15, 0.2) is 6.17 Å². The summed E-state index contributed by atoms with van der Waals surface area (Å²) >= 11 is 0. The van der Waals surface area contributed by atoms with Crippen LogP contribution in [0.25, 0.3) is 0 Å². The van der Waals surface area contributed by atoms with Crippen molar-refractivity contribution < 1.29 is 4.74 Å². The Morgan fingerprint density at radius 2 is 1.85 bits per heavy atom. The first-order chi connectivity index (χ1) is 6.00. The van der Waals surface area contributed by atoms with E-state index in [9.17, 15) is 0 Å². The van der Waals surface area contributed by atoms with Gasteiger partial charge in [0.25, 0.3) is 0 Å². The van der Waals surface area contributed by atoms with E-state index >= 15 is 0 Å². The van der Waals surface area contributed by atoms with E-state index in [1.54, 1.807) is 12.4 Å². The molecule has 74 valence electrons. The number of nitrogens with zero attached hydrogens (tertiary/aromatic N) is 2. The number of ether oxygens (including phenoxy) is 1. The molecule has 3 nitrogen and oxygen atoms in total. The van der Waals surface area contributed by atoms with Gasteiger partial charge >= 0.3 is 0 Å². The van der Waals surface area contributed by atoms with Crippen LogP contribution in [0, 0.1) is 0 Å². The lowest BCUT2D eigenvalue weighted by atomic mass is 10.6. The topological polar surface area (TPSA) is 34.0 Å². The SMILES string of the molecule is CC(OCC1N=CC=N1)[Si](C)(C)C. The predicted octanol–water partition coefficient (Wildman–Crippen LogP) is 1.75. The minimum Gasteiger partial charge on any atom is -0.378 e. The molecule has 0 aromatic heterocycles. The van der Waals surface area contributed by atoms with Gasteiger partial charge in [-0.1, -0.05) is 19.6 Å². The molecule has 0 aromatic carbocycles. The minimum atomic E-state index is -1.16. The van der Waals surface area contributed by atoms with Crippen LogP contribution in [0.3, 0.4) is 0 Å². The van der Waals surface area contributed by atoms with E-state index in [1.807, 2.05) is 0 Å². The second kappa shape index (κ2) is 4.15. The Labute approximate surface area is 80.9 Å². The zero-order valence-electron chi connectivity index (χ0n) is 8.82. The molecule has 1 aliphatic rings. The van der Waals surface area contributed by atoms with Crippen LogP contribution in [0.4, 0.5) is 0 Å². The summed E-state index contributed by atoms with van der Waals surface area (Å²) in [5, 5.41) is 0. The lowest BCUT2D eigenvalue weighted by Crippen LogP contribution is -2.39. The number of hydrogen-bond acceptors (Lipinski definition) is 3. The van der Waals surface area contributed by atoms with Gasteiger partial charge in [-0.15, -0.1) is 0 Å².